The lowest BCUT2D eigenvalue weighted by atomic mass is 9.77. The predicted octanol–water partition coefficient (Wildman–Crippen LogP) is 3.14. The van der Waals surface area contributed by atoms with Crippen LogP contribution in [-0.4, -0.2) is 192 Å². The Kier molecular flexibility index (Phi) is 20.2. The van der Waals surface area contributed by atoms with E-state index in [1.165, 1.54) is 7.11 Å². The second kappa shape index (κ2) is 25.4. The van der Waals surface area contributed by atoms with E-state index in [0.717, 1.165) is 5.56 Å². The highest BCUT2D eigenvalue weighted by Gasteiger charge is 2.54. The van der Waals surface area contributed by atoms with Crippen molar-refractivity contribution in [1.29, 1.82) is 0 Å². The molecule has 20 nitrogen and oxygen atoms in total. The molecule has 5 aliphatic heterocycles. The second-order valence-corrected chi connectivity index (χ2v) is 23.0. The molecular formula is C55H89N7O13. The topological polar surface area (TPSA) is 239 Å². The van der Waals surface area contributed by atoms with Crippen LogP contribution >= 0.6 is 0 Å². The van der Waals surface area contributed by atoms with E-state index in [4.69, 9.17) is 33.4 Å². The zero-order valence-corrected chi connectivity index (χ0v) is 46.9. The van der Waals surface area contributed by atoms with Crippen molar-refractivity contribution in [2.45, 2.75) is 212 Å². The number of amidine groups is 1. The van der Waals surface area contributed by atoms with Gasteiger partial charge in [0.25, 0.3) is 6.02 Å². The van der Waals surface area contributed by atoms with Gasteiger partial charge in [-0.2, -0.15) is 0 Å². The Labute approximate surface area is 444 Å². The summed E-state index contributed by atoms with van der Waals surface area (Å²) in [4.78, 5) is 82.0. The maximum Gasteiger partial charge on any atom is 0.288 e. The largest absolute Gasteiger partial charge is 0.454 e. The number of carbonyl (C=O) groups excluding carboxylic acids is 5. The van der Waals surface area contributed by atoms with Gasteiger partial charge in [-0.3, -0.25) is 24.0 Å². The van der Waals surface area contributed by atoms with Gasteiger partial charge < -0.3 is 69.3 Å². The average Bonchev–Trinajstić information content (AvgIpc) is 3.97. The molecule has 0 bridgehead atoms. The minimum atomic E-state index is -1.72. The van der Waals surface area contributed by atoms with Gasteiger partial charge in [0, 0.05) is 59.1 Å². The molecular weight excluding hydrogens is 967 g/mol. The summed E-state index contributed by atoms with van der Waals surface area (Å²) in [5, 5.41) is 32.9. The third-order valence-electron chi connectivity index (χ3n) is 16.3. The van der Waals surface area contributed by atoms with E-state index in [1.807, 2.05) is 90.7 Å². The maximum atomic E-state index is 15.0. The highest BCUT2D eigenvalue weighted by atomic mass is 16.7. The maximum absolute atomic E-state index is 15.0. The van der Waals surface area contributed by atoms with Gasteiger partial charge in [0.1, 0.15) is 24.2 Å². The average molecular weight is 1060 g/mol. The SMILES string of the molecule is CC[C@H](C)[C@@H]1NC(=O)C(C)C(O[C@H]2CC(C)(OC)[C@@H](O)C(C)O2)[C@H](C)[C@@H](OC2OC(C)CC3[C@H]2OC(=NC(C)C)N3C)C(C)(O)C[C@@H](C)CN(C)C(=O)C2CCCN2C(=O)C(Cc2ccccc2)NC(=O)CNC1=O. The molecule has 75 heavy (non-hydrogen) atoms. The number of ether oxygens (including phenoxy) is 6. The van der Waals surface area contributed by atoms with Gasteiger partial charge in [0.05, 0.1) is 54.1 Å². The summed E-state index contributed by atoms with van der Waals surface area (Å²) in [6.07, 6.45) is -4.60. The number of rotatable bonds is 10. The molecule has 5 amide bonds. The Morgan fingerprint density at radius 3 is 2.27 bits per heavy atom. The van der Waals surface area contributed by atoms with E-state index in [2.05, 4.69) is 16.0 Å². The lowest BCUT2D eigenvalue weighted by Gasteiger charge is -2.48. The van der Waals surface area contributed by atoms with Crippen LogP contribution in [0.25, 0.3) is 0 Å². The van der Waals surface area contributed by atoms with Crippen LogP contribution in [0.1, 0.15) is 120 Å². The lowest BCUT2D eigenvalue weighted by molar-refractivity contribution is -0.313. The van der Waals surface area contributed by atoms with E-state index in [9.17, 15) is 34.2 Å². The quantitative estimate of drug-likeness (QED) is 0.227. The van der Waals surface area contributed by atoms with E-state index in [0.29, 0.717) is 38.2 Å². The summed E-state index contributed by atoms with van der Waals surface area (Å²) < 4.78 is 39.4. The number of benzene rings is 1. The molecule has 0 radical (unpaired) electrons. The van der Waals surface area contributed by atoms with E-state index in [1.54, 1.807) is 44.5 Å². The molecule has 1 aromatic rings. The summed E-state index contributed by atoms with van der Waals surface area (Å²) >= 11 is 0. The summed E-state index contributed by atoms with van der Waals surface area (Å²) in [6.45, 7) is 20.2. The van der Waals surface area contributed by atoms with E-state index < -0.39 is 120 Å². The van der Waals surface area contributed by atoms with Gasteiger partial charge in [-0.05, 0) is 84.6 Å². The first-order valence-corrected chi connectivity index (χ1v) is 27.3. The Hall–Kier alpha value is -4.44. The summed E-state index contributed by atoms with van der Waals surface area (Å²) in [6, 6.07) is 6.49. The number of hydrogen-bond donors (Lipinski definition) is 5. The minimum absolute atomic E-state index is 0.0623. The number of nitrogens with one attached hydrogen (secondary N) is 3. The predicted molar refractivity (Wildman–Crippen MR) is 280 cm³/mol. The van der Waals surface area contributed by atoms with Crippen LogP contribution in [0.2, 0.25) is 0 Å². The van der Waals surface area contributed by atoms with Gasteiger partial charge in [0.2, 0.25) is 29.5 Å². The van der Waals surface area contributed by atoms with Gasteiger partial charge in [-0.1, -0.05) is 71.4 Å². The van der Waals surface area contributed by atoms with Crippen molar-refractivity contribution < 1.29 is 62.6 Å². The highest BCUT2D eigenvalue weighted by molar-refractivity contribution is 5.95. The number of aliphatic hydroxyl groups excluding tert-OH is 1. The summed E-state index contributed by atoms with van der Waals surface area (Å²) in [7, 11) is 5.11. The van der Waals surface area contributed by atoms with Gasteiger partial charge in [-0.15, -0.1) is 0 Å². The molecule has 0 aliphatic carbocycles. The zero-order chi connectivity index (χ0) is 55.3. The normalized spacial score (nSPS) is 39.2. The van der Waals surface area contributed by atoms with E-state index >= 15 is 0 Å². The van der Waals surface area contributed by atoms with Crippen molar-refractivity contribution in [1.82, 2.24) is 30.7 Å². The van der Waals surface area contributed by atoms with Gasteiger partial charge >= 0.3 is 0 Å². The van der Waals surface area contributed by atoms with Crippen molar-refractivity contribution in [3.05, 3.63) is 35.9 Å². The first-order chi connectivity index (χ1) is 35.3. The monoisotopic (exact) mass is 1060 g/mol. The molecule has 5 saturated heterocycles. The molecule has 5 fully saturated rings. The fraction of sp³-hybridized carbons (Fsp3) is 0.782. The van der Waals surface area contributed by atoms with Gasteiger partial charge in [0.15, 0.2) is 18.7 Å². The number of carbonyl (C=O) groups is 5. The Bertz CT molecular complexity index is 2150. The first kappa shape index (κ1) is 59.8. The van der Waals surface area contributed by atoms with Crippen LogP contribution in [0, 0.1) is 23.7 Å². The molecule has 0 saturated carbocycles. The van der Waals surface area contributed by atoms with Crippen LogP contribution in [0.4, 0.5) is 0 Å². The molecule has 1 aromatic carbocycles. The number of nitrogens with zero attached hydrogens (tertiary/aromatic N) is 4. The van der Waals surface area contributed by atoms with Crippen molar-refractivity contribution in [3.63, 3.8) is 0 Å². The third-order valence-corrected chi connectivity index (χ3v) is 16.3. The highest BCUT2D eigenvalue weighted by Crippen LogP contribution is 2.41. The van der Waals surface area contributed by atoms with E-state index in [-0.39, 0.29) is 55.8 Å². The molecule has 0 spiro atoms. The smallest absolute Gasteiger partial charge is 0.288 e. The Morgan fingerprint density at radius 1 is 0.920 bits per heavy atom. The number of likely N-dealkylation sites (N-methyl/N-ethyl adjacent to an activating group) is 2. The van der Waals surface area contributed by atoms with Crippen LogP contribution in [0.15, 0.2) is 35.3 Å². The fourth-order valence-corrected chi connectivity index (χ4v) is 11.8. The van der Waals surface area contributed by atoms with Crippen molar-refractivity contribution in [2.24, 2.45) is 28.7 Å². The Balaban J connectivity index is 1.43. The summed E-state index contributed by atoms with van der Waals surface area (Å²) in [5.74, 6) is -5.15. The molecule has 6 rings (SSSR count). The number of hydrogen-bond acceptors (Lipinski definition) is 14. The van der Waals surface area contributed by atoms with Crippen molar-refractivity contribution in [3.8, 4) is 0 Å². The molecule has 0 aromatic heterocycles. The molecule has 20 heteroatoms. The molecule has 5 N–H and O–H groups in total. The molecule has 18 atom stereocenters. The standard InChI is InChI=1S/C55H89N7O13/c1-15-32(5)43-49(66)56-28-41(63)58-38(25-37-20-17-16-18-21-37)50(67)62-23-19-22-39(62)51(68)60(12)29-31(4)26-54(10,69)47(75-52-45-40(24-33(6)71-52)61(13)53(74-45)57-30(2)3)34(7)44(35(8)48(65)59-43)73-42-27-55(11,70-14)46(64)36(9)72-42/h16-18,20-21,30-36,38-40,42-47,52,64,69H,15,19,22-29H2,1-14H3,(H,56,66)(H,58,63)(H,59,65)/t31-,32+,33?,34+,35?,36?,38?,39?,40?,42+,43+,44?,45-,46+,47-,52?,54?,55?/m1/s1. The van der Waals surface area contributed by atoms with Gasteiger partial charge in [-0.25, -0.2) is 4.99 Å². The Morgan fingerprint density at radius 2 is 1.61 bits per heavy atom. The molecule has 5 heterocycles. The number of aliphatic imine (C=N–C) groups is 1. The van der Waals surface area contributed by atoms with Crippen LogP contribution in [0.5, 0.6) is 0 Å². The third kappa shape index (κ3) is 14.2. The summed E-state index contributed by atoms with van der Waals surface area (Å²) in [5.41, 5.74) is -2.02. The number of fused-ring (bicyclic) bond motifs is 2. The van der Waals surface area contributed by atoms with Crippen LogP contribution < -0.4 is 16.0 Å². The molecule has 422 valence electrons. The van der Waals surface area contributed by atoms with Crippen LogP contribution in [0.3, 0.4) is 0 Å². The minimum Gasteiger partial charge on any atom is -0.454 e. The molecule has 10 unspecified atom stereocenters. The number of aliphatic hydroxyl groups is 2. The first-order valence-electron chi connectivity index (χ1n) is 27.3. The second-order valence-electron chi connectivity index (χ2n) is 23.0. The zero-order valence-electron chi connectivity index (χ0n) is 46.9. The lowest BCUT2D eigenvalue weighted by Crippen LogP contribution is -2.61. The van der Waals surface area contributed by atoms with Crippen molar-refractivity contribution in [2.75, 3.05) is 40.8 Å². The number of amides is 5. The number of methoxy groups -OCH3 is 1. The van der Waals surface area contributed by atoms with Crippen LogP contribution in [-0.2, 0) is 58.8 Å². The fourth-order valence-electron chi connectivity index (χ4n) is 11.8. The molecule has 5 aliphatic rings. The van der Waals surface area contributed by atoms with Crippen molar-refractivity contribution >= 4 is 35.6 Å².